The Morgan fingerprint density at radius 2 is 2.12 bits per heavy atom. The number of carbonyl (C=O) groups excluding carboxylic acids is 1. The third-order valence-corrected chi connectivity index (χ3v) is 3.25. The Bertz CT molecular complexity index is 314. The number of amides is 2. The van der Waals surface area contributed by atoms with Crippen molar-refractivity contribution in [1.29, 1.82) is 5.41 Å². The molecule has 1 atom stereocenters. The molecule has 0 spiro atoms. The molecule has 1 fully saturated rings. The zero-order valence-corrected chi connectivity index (χ0v) is 10.7. The van der Waals surface area contributed by atoms with Crippen molar-refractivity contribution in [2.24, 2.45) is 0 Å². The van der Waals surface area contributed by atoms with Crippen LogP contribution in [0.3, 0.4) is 0 Å². The van der Waals surface area contributed by atoms with E-state index in [4.69, 9.17) is 10.1 Å². The van der Waals surface area contributed by atoms with Gasteiger partial charge in [0.15, 0.2) is 0 Å². The molecule has 2 amide bonds. The molecule has 1 saturated heterocycles. The van der Waals surface area contributed by atoms with Crippen LogP contribution in [-0.2, 0) is 4.74 Å². The maximum atomic E-state index is 11.6. The first-order chi connectivity index (χ1) is 7.27. The van der Waals surface area contributed by atoms with E-state index in [1.54, 1.807) is 12.0 Å². The number of methoxy groups -OCH3 is 1. The number of likely N-dealkylation sites (N-methyl/N-ethyl adjacent to an activating group) is 1. The van der Waals surface area contributed by atoms with E-state index in [1.165, 1.54) is 0 Å². The van der Waals surface area contributed by atoms with Crippen molar-refractivity contribution in [3.8, 4) is 0 Å². The molecule has 92 valence electrons. The highest BCUT2D eigenvalue weighted by Gasteiger charge is 2.48. The second-order valence-electron chi connectivity index (χ2n) is 4.96. The van der Waals surface area contributed by atoms with Gasteiger partial charge in [0.05, 0.1) is 5.60 Å². The summed E-state index contributed by atoms with van der Waals surface area (Å²) in [5.74, 6) is 0.254. The molecule has 1 rings (SSSR count). The average Bonchev–Trinajstić information content (AvgIpc) is 2.36. The fraction of sp³-hybridized carbons (Fsp3) is 0.818. The summed E-state index contributed by atoms with van der Waals surface area (Å²) in [7, 11) is 1.65. The van der Waals surface area contributed by atoms with E-state index in [-0.39, 0.29) is 17.5 Å². The van der Waals surface area contributed by atoms with Crippen LogP contribution in [0.1, 0.15) is 34.1 Å². The van der Waals surface area contributed by atoms with Gasteiger partial charge in [0, 0.05) is 20.1 Å². The maximum absolute atomic E-state index is 11.6. The first kappa shape index (κ1) is 13.0. The molecule has 2 N–H and O–H groups in total. The van der Waals surface area contributed by atoms with Gasteiger partial charge in [0.25, 0.3) is 0 Å². The molecule has 0 aromatic heterocycles. The van der Waals surface area contributed by atoms with Crippen molar-refractivity contribution >= 4 is 11.9 Å². The maximum Gasteiger partial charge on any atom is 0.323 e. The second kappa shape index (κ2) is 4.05. The molecule has 1 aliphatic rings. The zero-order chi connectivity index (χ0) is 12.6. The lowest BCUT2D eigenvalue weighted by Crippen LogP contribution is -2.51. The van der Waals surface area contributed by atoms with Gasteiger partial charge in [-0.3, -0.25) is 10.7 Å². The van der Waals surface area contributed by atoms with E-state index >= 15 is 0 Å². The lowest BCUT2D eigenvalue weighted by molar-refractivity contribution is -0.00824. The summed E-state index contributed by atoms with van der Waals surface area (Å²) < 4.78 is 5.38. The van der Waals surface area contributed by atoms with Gasteiger partial charge in [0.1, 0.15) is 11.4 Å². The number of carbonyl (C=O) groups is 1. The Morgan fingerprint density at radius 1 is 1.56 bits per heavy atom. The average molecular weight is 227 g/mol. The molecule has 1 unspecified atom stereocenters. The van der Waals surface area contributed by atoms with Gasteiger partial charge < -0.3 is 9.64 Å². The number of ether oxygens (including phenoxy) is 1. The van der Waals surface area contributed by atoms with Gasteiger partial charge in [-0.2, -0.15) is 0 Å². The number of urea groups is 1. The van der Waals surface area contributed by atoms with Gasteiger partial charge in [-0.05, 0) is 27.7 Å². The Morgan fingerprint density at radius 3 is 2.56 bits per heavy atom. The van der Waals surface area contributed by atoms with Crippen LogP contribution in [0, 0.1) is 5.41 Å². The molecule has 1 heterocycles. The predicted octanol–water partition coefficient (Wildman–Crippen LogP) is 1.58. The number of hydrogen-bond donors (Lipinski definition) is 2. The van der Waals surface area contributed by atoms with Crippen LogP contribution >= 0.6 is 0 Å². The highest BCUT2D eigenvalue weighted by Crippen LogP contribution is 2.31. The van der Waals surface area contributed by atoms with Gasteiger partial charge in [-0.1, -0.05) is 0 Å². The summed E-state index contributed by atoms with van der Waals surface area (Å²) in [6.45, 7) is 8.32. The highest BCUT2D eigenvalue weighted by molar-refractivity contribution is 6.08. The number of nitrogens with one attached hydrogen (secondary N) is 2. The molecule has 0 radical (unpaired) electrons. The van der Waals surface area contributed by atoms with Crippen molar-refractivity contribution in [2.75, 3.05) is 13.7 Å². The quantitative estimate of drug-likeness (QED) is 0.765. The first-order valence-electron chi connectivity index (χ1n) is 5.49. The fourth-order valence-electron chi connectivity index (χ4n) is 2.25. The number of hydrogen-bond acceptors (Lipinski definition) is 3. The van der Waals surface area contributed by atoms with Crippen LogP contribution in [-0.4, -0.2) is 41.6 Å². The van der Waals surface area contributed by atoms with E-state index in [0.29, 0.717) is 13.0 Å². The van der Waals surface area contributed by atoms with Crippen LogP contribution in [0.4, 0.5) is 4.79 Å². The number of amidine groups is 1. The summed E-state index contributed by atoms with van der Waals surface area (Å²) in [5, 5.41) is 10.5. The lowest BCUT2D eigenvalue weighted by atomic mass is 9.86. The molecule has 0 aromatic carbocycles. The normalized spacial score (nSPS) is 26.2. The summed E-state index contributed by atoms with van der Waals surface area (Å²) in [5.41, 5.74) is -0.952. The summed E-state index contributed by atoms with van der Waals surface area (Å²) in [4.78, 5) is 13.3. The standard InChI is InChI=1S/C11H21N3O2/c1-6-14-9(15)13-8(12)11(14,4)7-10(2,3)16-5/h6-7H2,1-5H3,(H2,12,13,15). The molecule has 1 aliphatic heterocycles. The molecule has 16 heavy (non-hydrogen) atoms. The molecule has 5 nitrogen and oxygen atoms in total. The van der Waals surface area contributed by atoms with E-state index in [2.05, 4.69) is 5.32 Å². The second-order valence-corrected chi connectivity index (χ2v) is 4.96. The Kier molecular flexibility index (Phi) is 3.28. The third-order valence-electron chi connectivity index (χ3n) is 3.25. The minimum atomic E-state index is -0.592. The molecule has 5 heteroatoms. The van der Waals surface area contributed by atoms with Gasteiger partial charge in [-0.15, -0.1) is 0 Å². The van der Waals surface area contributed by atoms with E-state index in [9.17, 15) is 4.79 Å². The Labute approximate surface area is 96.7 Å². The van der Waals surface area contributed by atoms with Crippen LogP contribution in [0.5, 0.6) is 0 Å². The summed E-state index contributed by atoms with van der Waals surface area (Å²) in [6, 6.07) is -0.193. The van der Waals surface area contributed by atoms with Crippen LogP contribution in [0.25, 0.3) is 0 Å². The van der Waals surface area contributed by atoms with Crippen molar-refractivity contribution in [2.45, 2.75) is 45.3 Å². The van der Waals surface area contributed by atoms with Crippen molar-refractivity contribution in [1.82, 2.24) is 10.2 Å². The van der Waals surface area contributed by atoms with Crippen LogP contribution in [0.15, 0.2) is 0 Å². The molecular formula is C11H21N3O2. The molecule has 0 saturated carbocycles. The fourth-order valence-corrected chi connectivity index (χ4v) is 2.25. The van der Waals surface area contributed by atoms with Crippen molar-refractivity contribution in [3.63, 3.8) is 0 Å². The van der Waals surface area contributed by atoms with E-state index in [1.807, 2.05) is 27.7 Å². The van der Waals surface area contributed by atoms with E-state index in [0.717, 1.165) is 0 Å². The Hall–Kier alpha value is -1.10. The largest absolute Gasteiger partial charge is 0.379 e. The lowest BCUT2D eigenvalue weighted by Gasteiger charge is -2.38. The van der Waals surface area contributed by atoms with Crippen LogP contribution < -0.4 is 5.32 Å². The zero-order valence-electron chi connectivity index (χ0n) is 10.7. The third kappa shape index (κ3) is 2.04. The van der Waals surface area contributed by atoms with Gasteiger partial charge in [-0.25, -0.2) is 4.79 Å². The Balaban J connectivity index is 2.97. The summed E-state index contributed by atoms with van der Waals surface area (Å²) >= 11 is 0. The molecular weight excluding hydrogens is 206 g/mol. The molecule has 0 aromatic rings. The number of nitrogens with zero attached hydrogens (tertiary/aromatic N) is 1. The predicted molar refractivity (Wildman–Crippen MR) is 62.7 cm³/mol. The minimum Gasteiger partial charge on any atom is -0.379 e. The SMILES string of the molecule is CCN1C(=O)NC(=N)C1(C)CC(C)(C)OC. The van der Waals surface area contributed by atoms with Gasteiger partial charge >= 0.3 is 6.03 Å². The minimum absolute atomic E-state index is 0.193. The topological polar surface area (TPSA) is 65.4 Å². The number of rotatable bonds is 4. The van der Waals surface area contributed by atoms with Gasteiger partial charge in [0.2, 0.25) is 0 Å². The molecule has 0 aliphatic carbocycles. The smallest absolute Gasteiger partial charge is 0.323 e. The molecule has 0 bridgehead atoms. The van der Waals surface area contributed by atoms with E-state index < -0.39 is 5.54 Å². The van der Waals surface area contributed by atoms with Crippen LogP contribution in [0.2, 0.25) is 0 Å². The van der Waals surface area contributed by atoms with Crippen molar-refractivity contribution < 1.29 is 9.53 Å². The highest BCUT2D eigenvalue weighted by atomic mass is 16.5. The first-order valence-corrected chi connectivity index (χ1v) is 5.49. The van der Waals surface area contributed by atoms with Crippen molar-refractivity contribution in [3.05, 3.63) is 0 Å². The monoisotopic (exact) mass is 227 g/mol. The summed E-state index contributed by atoms with van der Waals surface area (Å²) in [6.07, 6.45) is 0.599.